The zero-order valence-electron chi connectivity index (χ0n) is 18.9. The number of benzene rings is 3. The van der Waals surface area contributed by atoms with Crippen LogP contribution in [0.3, 0.4) is 0 Å². The highest BCUT2D eigenvalue weighted by Gasteiger charge is 2.26. The Morgan fingerprint density at radius 3 is 2.18 bits per heavy atom. The Bertz CT molecular complexity index is 1380. The van der Waals surface area contributed by atoms with Crippen molar-refractivity contribution < 1.29 is 13.2 Å². The molecule has 0 fully saturated rings. The fourth-order valence-corrected chi connectivity index (χ4v) is 5.75. The zero-order chi connectivity index (χ0) is 24.1. The molecule has 0 saturated heterocycles. The van der Waals surface area contributed by atoms with Crippen LogP contribution in [0.5, 0.6) is 0 Å². The van der Waals surface area contributed by atoms with Crippen LogP contribution in [-0.2, 0) is 21.2 Å². The molecular weight excluding hydrogens is 466 g/mol. The first-order valence-corrected chi connectivity index (χ1v) is 13.2. The molecule has 4 rings (SSSR count). The van der Waals surface area contributed by atoms with E-state index < -0.39 is 9.84 Å². The van der Waals surface area contributed by atoms with Crippen LogP contribution in [0.4, 0.5) is 0 Å². The minimum Gasteiger partial charge on any atom is -0.351 e. The second-order valence-electron chi connectivity index (χ2n) is 7.95. The summed E-state index contributed by atoms with van der Waals surface area (Å²) in [6.45, 7) is 4.40. The van der Waals surface area contributed by atoms with Gasteiger partial charge in [-0.15, -0.1) is 0 Å². The molecule has 0 aliphatic carbocycles. The van der Waals surface area contributed by atoms with Crippen molar-refractivity contribution in [3.05, 3.63) is 95.6 Å². The van der Waals surface area contributed by atoms with Crippen LogP contribution in [0.15, 0.2) is 93.8 Å². The number of sulfone groups is 1. The predicted molar refractivity (Wildman–Crippen MR) is 134 cm³/mol. The number of H-pyrrole nitrogens is 1. The number of nitrogens with one attached hydrogen (secondary N) is 2. The summed E-state index contributed by atoms with van der Waals surface area (Å²) in [6.07, 6.45) is 0. The number of rotatable bonds is 8. The first-order valence-electron chi connectivity index (χ1n) is 10.7. The van der Waals surface area contributed by atoms with Gasteiger partial charge in [-0.05, 0) is 31.5 Å². The maximum atomic E-state index is 13.4. The van der Waals surface area contributed by atoms with Crippen LogP contribution in [-0.4, -0.2) is 30.0 Å². The topological polar surface area (TPSA) is 91.9 Å². The fourth-order valence-electron chi connectivity index (χ4n) is 3.28. The summed E-state index contributed by atoms with van der Waals surface area (Å²) < 4.78 is 26.7. The van der Waals surface area contributed by atoms with Crippen molar-refractivity contribution in [2.45, 2.75) is 35.3 Å². The molecule has 0 radical (unpaired) electrons. The Labute approximate surface area is 203 Å². The number of aromatic nitrogens is 2. The van der Waals surface area contributed by atoms with E-state index in [1.807, 2.05) is 62.4 Å². The lowest BCUT2D eigenvalue weighted by Crippen LogP contribution is -2.24. The van der Waals surface area contributed by atoms with E-state index in [0.29, 0.717) is 12.4 Å². The van der Waals surface area contributed by atoms with Crippen molar-refractivity contribution in [2.24, 2.45) is 0 Å². The third-order valence-electron chi connectivity index (χ3n) is 5.24. The van der Waals surface area contributed by atoms with Gasteiger partial charge in [-0.1, -0.05) is 89.6 Å². The number of nitrogens with zero attached hydrogens (tertiary/aromatic N) is 1. The van der Waals surface area contributed by atoms with E-state index >= 15 is 0 Å². The normalized spacial score (nSPS) is 11.4. The van der Waals surface area contributed by atoms with Crippen LogP contribution >= 0.6 is 11.8 Å². The molecule has 8 heteroatoms. The monoisotopic (exact) mass is 491 g/mol. The van der Waals surface area contributed by atoms with Crippen LogP contribution in [0.1, 0.15) is 16.7 Å². The molecule has 174 valence electrons. The van der Waals surface area contributed by atoms with E-state index in [0.717, 1.165) is 34.0 Å². The summed E-state index contributed by atoms with van der Waals surface area (Å²) in [5.74, 6) is 0.284. The smallest absolute Gasteiger partial charge is 0.230 e. The summed E-state index contributed by atoms with van der Waals surface area (Å²) in [7, 11) is -3.84. The molecule has 0 atom stereocenters. The molecule has 0 saturated carbocycles. The van der Waals surface area contributed by atoms with Gasteiger partial charge in [0.15, 0.2) is 5.03 Å². The number of aryl methyl sites for hydroxylation is 2. The van der Waals surface area contributed by atoms with E-state index in [4.69, 9.17) is 0 Å². The van der Waals surface area contributed by atoms with E-state index in [1.54, 1.807) is 30.3 Å². The third-order valence-corrected chi connectivity index (χ3v) is 8.07. The summed E-state index contributed by atoms with van der Waals surface area (Å²) >= 11 is 1.10. The van der Waals surface area contributed by atoms with Crippen LogP contribution in [0, 0.1) is 13.8 Å². The SMILES string of the molecule is Cc1ccc(CNC(=O)CSc2nc(-c3ccc(C)cc3)[nH]c2S(=O)(=O)c2ccccc2)cc1. The lowest BCUT2D eigenvalue weighted by Gasteiger charge is -2.06. The second kappa shape index (κ2) is 10.3. The molecule has 0 aliphatic heterocycles. The second-order valence-corrected chi connectivity index (χ2v) is 10.8. The van der Waals surface area contributed by atoms with Gasteiger partial charge in [0.2, 0.25) is 15.7 Å². The number of carbonyl (C=O) groups excluding carboxylic acids is 1. The van der Waals surface area contributed by atoms with Crippen molar-refractivity contribution in [1.29, 1.82) is 0 Å². The minimum absolute atomic E-state index is 0.00869. The molecule has 0 spiro atoms. The molecule has 0 unspecified atom stereocenters. The average molecular weight is 492 g/mol. The Balaban J connectivity index is 1.56. The van der Waals surface area contributed by atoms with Gasteiger partial charge in [-0.2, -0.15) is 0 Å². The summed E-state index contributed by atoms with van der Waals surface area (Å²) in [4.78, 5) is 20.2. The molecule has 0 aliphatic rings. The van der Waals surface area contributed by atoms with Gasteiger partial charge in [0.25, 0.3) is 0 Å². The highest BCUT2D eigenvalue weighted by molar-refractivity contribution is 8.00. The standard InChI is InChI=1S/C26H25N3O3S2/c1-18-8-12-20(13-9-18)16-27-23(30)17-33-25-26(34(31,32)22-6-4-3-5-7-22)29-24(28-25)21-14-10-19(2)11-15-21/h3-15H,16-17H2,1-2H3,(H,27,30)(H,28,29). The van der Waals surface area contributed by atoms with Crippen molar-refractivity contribution in [2.75, 3.05) is 5.75 Å². The molecular formula is C26H25N3O3S2. The number of aromatic amines is 1. The molecule has 1 amide bonds. The largest absolute Gasteiger partial charge is 0.351 e. The maximum absolute atomic E-state index is 13.4. The highest BCUT2D eigenvalue weighted by atomic mass is 32.2. The van der Waals surface area contributed by atoms with Gasteiger partial charge in [-0.25, -0.2) is 13.4 Å². The number of amides is 1. The van der Waals surface area contributed by atoms with Crippen molar-refractivity contribution in [3.63, 3.8) is 0 Å². The van der Waals surface area contributed by atoms with Gasteiger partial charge in [0.1, 0.15) is 10.9 Å². The van der Waals surface area contributed by atoms with Crippen LogP contribution in [0.2, 0.25) is 0 Å². The zero-order valence-corrected chi connectivity index (χ0v) is 20.5. The molecule has 1 heterocycles. The van der Waals surface area contributed by atoms with Gasteiger partial charge >= 0.3 is 0 Å². The number of carbonyl (C=O) groups is 1. The number of thioether (sulfide) groups is 1. The van der Waals surface area contributed by atoms with Crippen molar-refractivity contribution in [1.82, 2.24) is 15.3 Å². The molecule has 34 heavy (non-hydrogen) atoms. The molecule has 1 aromatic heterocycles. The van der Waals surface area contributed by atoms with E-state index in [9.17, 15) is 13.2 Å². The Hall–Kier alpha value is -3.36. The molecule has 4 aromatic rings. The third kappa shape index (κ3) is 5.58. The van der Waals surface area contributed by atoms with Gasteiger partial charge in [0.05, 0.1) is 10.6 Å². The first kappa shape index (κ1) is 23.8. The Morgan fingerprint density at radius 1 is 0.912 bits per heavy atom. The highest BCUT2D eigenvalue weighted by Crippen LogP contribution is 2.32. The van der Waals surface area contributed by atoms with Crippen LogP contribution in [0.25, 0.3) is 11.4 Å². The van der Waals surface area contributed by atoms with Gasteiger partial charge < -0.3 is 10.3 Å². The van der Waals surface area contributed by atoms with Gasteiger partial charge in [0, 0.05) is 12.1 Å². The lowest BCUT2D eigenvalue weighted by molar-refractivity contribution is -0.118. The molecule has 6 nitrogen and oxygen atoms in total. The molecule has 0 bridgehead atoms. The van der Waals surface area contributed by atoms with Crippen LogP contribution < -0.4 is 5.32 Å². The average Bonchev–Trinajstić information content (AvgIpc) is 3.28. The Morgan fingerprint density at radius 2 is 1.53 bits per heavy atom. The van der Waals surface area contributed by atoms with Gasteiger partial charge in [-0.3, -0.25) is 4.79 Å². The lowest BCUT2D eigenvalue weighted by atomic mass is 10.1. The number of hydrogen-bond donors (Lipinski definition) is 2. The number of hydrogen-bond acceptors (Lipinski definition) is 5. The quantitative estimate of drug-likeness (QED) is 0.341. The molecule has 3 aromatic carbocycles. The Kier molecular flexibility index (Phi) is 7.19. The minimum atomic E-state index is -3.84. The van der Waals surface area contributed by atoms with Crippen molar-refractivity contribution in [3.8, 4) is 11.4 Å². The maximum Gasteiger partial charge on any atom is 0.230 e. The van der Waals surface area contributed by atoms with Crippen molar-refractivity contribution >= 4 is 27.5 Å². The summed E-state index contributed by atoms with van der Waals surface area (Å²) in [5.41, 5.74) is 4.01. The van der Waals surface area contributed by atoms with E-state index in [1.165, 1.54) is 0 Å². The fraction of sp³-hybridized carbons (Fsp3) is 0.154. The summed E-state index contributed by atoms with van der Waals surface area (Å²) in [5, 5.41) is 3.14. The molecule has 2 N–H and O–H groups in total. The first-order chi connectivity index (χ1) is 16.3. The number of imidazole rings is 1. The predicted octanol–water partition coefficient (Wildman–Crippen LogP) is 4.93. The summed E-state index contributed by atoms with van der Waals surface area (Å²) in [6, 6.07) is 23.8. The van der Waals surface area contributed by atoms with E-state index in [2.05, 4.69) is 15.3 Å². The van der Waals surface area contributed by atoms with E-state index in [-0.39, 0.29) is 26.6 Å².